The summed E-state index contributed by atoms with van der Waals surface area (Å²) in [6.07, 6.45) is 0. The molecule has 2 nitrogen and oxygen atoms in total. The third-order valence-corrected chi connectivity index (χ3v) is 3.55. The lowest BCUT2D eigenvalue weighted by Crippen LogP contribution is -1.89. The Morgan fingerprint density at radius 1 is 0.680 bits per heavy atom. The van der Waals surface area contributed by atoms with E-state index in [9.17, 15) is 8.78 Å². The standard InChI is InChI=1S/C19H14F2O.C2H6O/c20-18-5-1-14(2-6-18)16-9-13(12-22)10-17(11-16)15-3-7-19(21)8-4-15;1-3-2/h1-11,22H,12H2;1-2H3/p+1. The highest BCUT2D eigenvalue weighted by molar-refractivity contribution is 5.74. The lowest BCUT2D eigenvalue weighted by Gasteiger charge is -2.09. The quantitative estimate of drug-likeness (QED) is 0.630. The molecule has 130 valence electrons. The highest BCUT2D eigenvalue weighted by Crippen LogP contribution is 2.28. The smallest absolute Gasteiger partial charge is 0.170 e. The fraction of sp³-hybridized carbons (Fsp3) is 0.143. The summed E-state index contributed by atoms with van der Waals surface area (Å²) in [4.78, 5) is 0. The van der Waals surface area contributed by atoms with Crippen LogP contribution in [-0.2, 0) is 11.3 Å². The predicted molar refractivity (Wildman–Crippen MR) is 97.5 cm³/mol. The number of methoxy groups -OCH3 is 1. The first kappa shape index (κ1) is 18.8. The molecule has 3 aromatic carbocycles. The molecular weight excluding hydrogens is 322 g/mol. The predicted octanol–water partition coefficient (Wildman–Crippen LogP) is 4.79. The van der Waals surface area contributed by atoms with E-state index in [2.05, 4.69) is 4.74 Å². The summed E-state index contributed by atoms with van der Waals surface area (Å²) in [7, 11) is 3.25. The van der Waals surface area contributed by atoms with Crippen LogP contribution < -0.4 is 0 Å². The van der Waals surface area contributed by atoms with Crippen molar-refractivity contribution in [2.24, 2.45) is 0 Å². The molecule has 0 atom stereocenters. The van der Waals surface area contributed by atoms with Crippen molar-refractivity contribution in [3.05, 3.63) is 83.9 Å². The number of ether oxygens (including phenoxy) is 1. The first-order valence-electron chi connectivity index (χ1n) is 7.78. The lowest BCUT2D eigenvalue weighted by molar-refractivity contribution is 0.277. The zero-order chi connectivity index (χ0) is 18.2. The molecule has 0 unspecified atom stereocenters. The van der Waals surface area contributed by atoms with E-state index in [1.807, 2.05) is 18.2 Å². The molecule has 3 aromatic rings. The Labute approximate surface area is 146 Å². The van der Waals surface area contributed by atoms with E-state index in [0.29, 0.717) is 0 Å². The molecule has 3 rings (SSSR count). The van der Waals surface area contributed by atoms with E-state index in [1.165, 1.54) is 24.3 Å². The maximum Gasteiger partial charge on any atom is 0.170 e. The minimum Gasteiger partial charge on any atom is -0.442 e. The minimum atomic E-state index is -0.279. The molecule has 0 bridgehead atoms. The molecule has 0 aliphatic rings. The molecular formula is C21H21F2O2+. The molecule has 0 saturated heterocycles. The van der Waals surface area contributed by atoms with Crippen molar-refractivity contribution in [2.45, 2.75) is 6.61 Å². The first-order valence-corrected chi connectivity index (χ1v) is 7.78. The Morgan fingerprint density at radius 3 is 1.36 bits per heavy atom. The number of halogens is 2. The van der Waals surface area contributed by atoms with Gasteiger partial charge in [-0.15, -0.1) is 0 Å². The SMILES string of the molecule is COC.[OH2+]Cc1cc(-c2ccc(F)cc2)cc(-c2ccc(F)cc2)c1. The summed E-state index contributed by atoms with van der Waals surface area (Å²) >= 11 is 0. The van der Waals surface area contributed by atoms with Crippen LogP contribution in [-0.4, -0.2) is 19.3 Å². The fourth-order valence-corrected chi connectivity index (χ4v) is 2.41. The second kappa shape index (κ2) is 9.06. The molecule has 0 heterocycles. The van der Waals surface area contributed by atoms with E-state index in [0.717, 1.165) is 27.8 Å². The van der Waals surface area contributed by atoms with E-state index >= 15 is 0 Å². The van der Waals surface area contributed by atoms with Gasteiger partial charge in [-0.1, -0.05) is 24.3 Å². The zero-order valence-electron chi connectivity index (χ0n) is 14.2. The van der Waals surface area contributed by atoms with Crippen LogP contribution in [0.15, 0.2) is 66.7 Å². The minimum absolute atomic E-state index is 0.156. The van der Waals surface area contributed by atoms with Crippen LogP contribution in [0.4, 0.5) is 8.78 Å². The second-order valence-corrected chi connectivity index (χ2v) is 5.52. The van der Waals surface area contributed by atoms with Gasteiger partial charge in [0.25, 0.3) is 0 Å². The maximum absolute atomic E-state index is 13.1. The topological polar surface area (TPSA) is 32.1 Å². The largest absolute Gasteiger partial charge is 0.442 e. The average Bonchev–Trinajstić information content (AvgIpc) is 2.63. The molecule has 0 aliphatic heterocycles. The molecule has 0 spiro atoms. The summed E-state index contributed by atoms with van der Waals surface area (Å²) in [5, 5.41) is 7.61. The number of benzene rings is 3. The maximum atomic E-state index is 13.1. The molecule has 25 heavy (non-hydrogen) atoms. The lowest BCUT2D eigenvalue weighted by atomic mass is 9.96. The van der Waals surface area contributed by atoms with E-state index in [-0.39, 0.29) is 18.2 Å². The summed E-state index contributed by atoms with van der Waals surface area (Å²) in [5.74, 6) is -0.557. The molecule has 4 heteroatoms. The summed E-state index contributed by atoms with van der Waals surface area (Å²) < 4.78 is 30.4. The van der Waals surface area contributed by atoms with Crippen LogP contribution in [0.5, 0.6) is 0 Å². The van der Waals surface area contributed by atoms with Crippen LogP contribution in [0, 0.1) is 11.6 Å². The second-order valence-electron chi connectivity index (χ2n) is 5.52. The number of hydrogen-bond donors (Lipinski definition) is 0. The highest BCUT2D eigenvalue weighted by atomic mass is 19.1. The average molecular weight is 343 g/mol. The molecule has 2 N–H and O–H groups in total. The van der Waals surface area contributed by atoms with Crippen molar-refractivity contribution < 1.29 is 18.6 Å². The van der Waals surface area contributed by atoms with Crippen molar-refractivity contribution in [2.75, 3.05) is 14.2 Å². The van der Waals surface area contributed by atoms with Crippen LogP contribution in [0.1, 0.15) is 5.56 Å². The molecule has 0 aliphatic carbocycles. The van der Waals surface area contributed by atoms with Crippen LogP contribution >= 0.6 is 0 Å². The van der Waals surface area contributed by atoms with Crippen molar-refractivity contribution >= 4 is 0 Å². The molecule has 0 fully saturated rings. The van der Waals surface area contributed by atoms with Gasteiger partial charge in [-0.05, 0) is 64.7 Å². The number of hydrogen-bond acceptors (Lipinski definition) is 1. The Bertz CT molecular complexity index is 733. The van der Waals surface area contributed by atoms with Crippen LogP contribution in [0.25, 0.3) is 22.3 Å². The van der Waals surface area contributed by atoms with E-state index < -0.39 is 0 Å². The van der Waals surface area contributed by atoms with Crippen LogP contribution in [0.2, 0.25) is 0 Å². The summed E-state index contributed by atoms with van der Waals surface area (Å²) in [6.45, 7) is 0.156. The zero-order valence-corrected chi connectivity index (χ0v) is 14.2. The van der Waals surface area contributed by atoms with Crippen molar-refractivity contribution in [3.63, 3.8) is 0 Å². The normalized spacial score (nSPS) is 10.1. The molecule has 0 saturated carbocycles. The Balaban J connectivity index is 0.000000701. The molecule has 0 radical (unpaired) electrons. The van der Waals surface area contributed by atoms with Gasteiger partial charge in [0.15, 0.2) is 6.61 Å². The summed E-state index contributed by atoms with van der Waals surface area (Å²) in [6, 6.07) is 18.3. The fourth-order valence-electron chi connectivity index (χ4n) is 2.41. The Kier molecular flexibility index (Phi) is 6.81. The van der Waals surface area contributed by atoms with Gasteiger partial charge in [0, 0.05) is 19.8 Å². The summed E-state index contributed by atoms with van der Waals surface area (Å²) in [5.41, 5.74) is 4.48. The van der Waals surface area contributed by atoms with Gasteiger partial charge in [-0.25, -0.2) is 8.78 Å². The van der Waals surface area contributed by atoms with Gasteiger partial charge in [0.2, 0.25) is 0 Å². The molecule has 0 aromatic heterocycles. The van der Waals surface area contributed by atoms with Gasteiger partial charge in [-0.2, -0.15) is 0 Å². The van der Waals surface area contributed by atoms with E-state index in [4.69, 9.17) is 5.11 Å². The Hall–Kier alpha value is -2.56. The van der Waals surface area contributed by atoms with Gasteiger partial charge in [-0.3, -0.25) is 0 Å². The van der Waals surface area contributed by atoms with Gasteiger partial charge in [0.1, 0.15) is 11.6 Å². The monoisotopic (exact) mass is 343 g/mol. The van der Waals surface area contributed by atoms with Crippen molar-refractivity contribution in [3.8, 4) is 22.3 Å². The number of rotatable bonds is 3. The third-order valence-electron chi connectivity index (χ3n) is 3.55. The third kappa shape index (κ3) is 5.21. The van der Waals surface area contributed by atoms with Gasteiger partial charge >= 0.3 is 0 Å². The van der Waals surface area contributed by atoms with Crippen molar-refractivity contribution in [1.82, 2.24) is 0 Å². The highest BCUT2D eigenvalue weighted by Gasteiger charge is 2.07. The van der Waals surface area contributed by atoms with Gasteiger partial charge in [0.05, 0.1) is 0 Å². The Morgan fingerprint density at radius 2 is 1.04 bits per heavy atom. The van der Waals surface area contributed by atoms with Crippen molar-refractivity contribution in [1.29, 1.82) is 0 Å². The molecule has 0 amide bonds. The van der Waals surface area contributed by atoms with Crippen LogP contribution in [0.3, 0.4) is 0 Å². The van der Waals surface area contributed by atoms with E-state index in [1.54, 1.807) is 38.5 Å². The van der Waals surface area contributed by atoms with Gasteiger partial charge < -0.3 is 9.84 Å². The first-order chi connectivity index (χ1) is 12.1.